The van der Waals surface area contributed by atoms with Gasteiger partial charge in [0.05, 0.1) is 11.1 Å². The first-order chi connectivity index (χ1) is 16.0. The molecule has 4 nitrogen and oxygen atoms in total. The van der Waals surface area contributed by atoms with Crippen LogP contribution < -0.4 is 4.90 Å². The third-order valence-corrected chi connectivity index (χ3v) is 7.14. The number of anilines is 1. The summed E-state index contributed by atoms with van der Waals surface area (Å²) in [6.45, 7) is 1.37. The molecule has 1 fully saturated rings. The van der Waals surface area contributed by atoms with Gasteiger partial charge < -0.3 is 4.90 Å². The molecule has 168 valence electrons. The number of nitrogens with zero attached hydrogens (tertiary/aromatic N) is 3. The first-order valence-electron chi connectivity index (χ1n) is 10.6. The number of halogens is 3. The molecule has 0 aromatic heterocycles. The lowest BCUT2D eigenvalue weighted by Gasteiger charge is -2.39. The zero-order valence-electron chi connectivity index (χ0n) is 17.8. The summed E-state index contributed by atoms with van der Waals surface area (Å²) in [6, 6.07) is 23.5. The highest BCUT2D eigenvalue weighted by Gasteiger charge is 2.33. The fraction of sp³-hybridized carbons (Fsp3) is 0.231. The van der Waals surface area contributed by atoms with E-state index in [-0.39, 0.29) is 11.9 Å². The fourth-order valence-electron chi connectivity index (χ4n) is 4.12. The first-order valence-corrected chi connectivity index (χ1v) is 12.2. The van der Waals surface area contributed by atoms with Crippen molar-refractivity contribution in [3.8, 4) is 6.07 Å². The van der Waals surface area contributed by atoms with Crippen molar-refractivity contribution in [2.24, 2.45) is 5.92 Å². The van der Waals surface area contributed by atoms with Crippen LogP contribution in [0.4, 0.5) is 10.5 Å². The van der Waals surface area contributed by atoms with E-state index in [2.05, 4.69) is 22.0 Å². The Morgan fingerprint density at radius 2 is 1.73 bits per heavy atom. The van der Waals surface area contributed by atoms with Crippen molar-refractivity contribution in [3.05, 3.63) is 97.9 Å². The Balaban J connectivity index is 1.61. The molecule has 0 aliphatic carbocycles. The van der Waals surface area contributed by atoms with E-state index < -0.39 is 0 Å². The quantitative estimate of drug-likeness (QED) is 0.327. The van der Waals surface area contributed by atoms with Crippen LogP contribution in [0, 0.1) is 17.2 Å². The summed E-state index contributed by atoms with van der Waals surface area (Å²) in [4.78, 5) is 16.9. The molecule has 0 bridgehead atoms. The Bertz CT molecular complexity index is 1180. The molecule has 33 heavy (non-hydrogen) atoms. The number of hydrogen-bond acceptors (Lipinski definition) is 2. The second-order valence-electron chi connectivity index (χ2n) is 8.14. The summed E-state index contributed by atoms with van der Waals surface area (Å²) >= 11 is 16.7. The van der Waals surface area contributed by atoms with Crippen molar-refractivity contribution < 1.29 is 4.79 Å². The van der Waals surface area contributed by atoms with Gasteiger partial charge in [-0.05, 0) is 47.0 Å². The van der Waals surface area contributed by atoms with E-state index >= 15 is 0 Å². The van der Waals surface area contributed by atoms with E-state index in [9.17, 15) is 10.1 Å². The van der Waals surface area contributed by atoms with Crippen LogP contribution in [0.1, 0.15) is 23.1 Å². The maximum Gasteiger partial charge on any atom is 0.324 e. The van der Waals surface area contributed by atoms with Crippen molar-refractivity contribution in [3.63, 3.8) is 0 Å². The molecule has 0 spiro atoms. The van der Waals surface area contributed by atoms with Crippen molar-refractivity contribution in [1.29, 1.82) is 5.26 Å². The molecular weight excluding hydrogens is 521 g/mol. The number of nitriles is 1. The SMILES string of the molecule is N#CCC1CN(Cc2ccc(Cl)c(Cc3ccccc3)c2Cl)C(=O)N(c2ccc(Br)cc2)C1. The maximum absolute atomic E-state index is 13.4. The number of hydrogen-bond donors (Lipinski definition) is 0. The maximum atomic E-state index is 13.4. The third kappa shape index (κ3) is 5.52. The molecule has 7 heteroatoms. The summed E-state index contributed by atoms with van der Waals surface area (Å²) in [5.41, 5.74) is 3.62. The van der Waals surface area contributed by atoms with Gasteiger partial charge in [-0.15, -0.1) is 0 Å². The van der Waals surface area contributed by atoms with Crippen LogP contribution in [-0.4, -0.2) is 24.0 Å². The Morgan fingerprint density at radius 1 is 1.00 bits per heavy atom. The Labute approximate surface area is 212 Å². The van der Waals surface area contributed by atoms with E-state index in [0.717, 1.165) is 26.9 Å². The lowest BCUT2D eigenvalue weighted by molar-refractivity contribution is 0.176. The fourth-order valence-corrected chi connectivity index (χ4v) is 4.95. The largest absolute Gasteiger partial charge is 0.324 e. The van der Waals surface area contributed by atoms with Gasteiger partial charge in [0, 0.05) is 53.6 Å². The van der Waals surface area contributed by atoms with Gasteiger partial charge in [0.25, 0.3) is 0 Å². The zero-order valence-corrected chi connectivity index (χ0v) is 20.9. The summed E-state index contributed by atoms with van der Waals surface area (Å²) in [7, 11) is 0. The zero-order chi connectivity index (χ0) is 23.4. The number of amides is 2. The van der Waals surface area contributed by atoms with Gasteiger partial charge in [-0.1, -0.05) is 75.5 Å². The molecule has 4 rings (SSSR count). The van der Waals surface area contributed by atoms with Crippen LogP contribution in [0.5, 0.6) is 0 Å². The summed E-state index contributed by atoms with van der Waals surface area (Å²) < 4.78 is 0.944. The van der Waals surface area contributed by atoms with Gasteiger partial charge in [-0.25, -0.2) is 4.79 Å². The van der Waals surface area contributed by atoms with E-state index in [4.69, 9.17) is 23.2 Å². The van der Waals surface area contributed by atoms with Gasteiger partial charge >= 0.3 is 6.03 Å². The van der Waals surface area contributed by atoms with Crippen LogP contribution in [0.3, 0.4) is 0 Å². The molecule has 1 heterocycles. The predicted molar refractivity (Wildman–Crippen MR) is 137 cm³/mol. The Morgan fingerprint density at radius 3 is 2.42 bits per heavy atom. The molecule has 2 amide bonds. The molecule has 1 saturated heterocycles. The van der Waals surface area contributed by atoms with E-state index in [1.165, 1.54) is 0 Å². The minimum absolute atomic E-state index is 0.0474. The lowest BCUT2D eigenvalue weighted by Crippen LogP contribution is -2.53. The highest BCUT2D eigenvalue weighted by Crippen LogP contribution is 2.33. The van der Waals surface area contributed by atoms with E-state index in [1.807, 2.05) is 66.7 Å². The minimum Gasteiger partial charge on any atom is -0.320 e. The van der Waals surface area contributed by atoms with Gasteiger partial charge in [0.1, 0.15) is 0 Å². The summed E-state index contributed by atoms with van der Waals surface area (Å²) in [6.07, 6.45) is 0.993. The van der Waals surface area contributed by atoms with Crippen molar-refractivity contribution in [2.75, 3.05) is 18.0 Å². The number of urea groups is 1. The number of rotatable bonds is 6. The Kier molecular flexibility index (Phi) is 7.60. The van der Waals surface area contributed by atoms with Crippen LogP contribution in [0.15, 0.2) is 71.2 Å². The monoisotopic (exact) mass is 541 g/mol. The smallest absolute Gasteiger partial charge is 0.320 e. The molecule has 0 N–H and O–H groups in total. The molecule has 1 unspecified atom stereocenters. The summed E-state index contributed by atoms with van der Waals surface area (Å²) in [5.74, 6) is 0.0474. The van der Waals surface area contributed by atoms with Gasteiger partial charge in [0.2, 0.25) is 0 Å². The third-order valence-electron chi connectivity index (χ3n) is 5.79. The van der Waals surface area contributed by atoms with Crippen molar-refractivity contribution >= 4 is 50.9 Å². The van der Waals surface area contributed by atoms with Crippen molar-refractivity contribution in [2.45, 2.75) is 19.4 Å². The molecule has 3 aromatic carbocycles. The number of carbonyl (C=O) groups excluding carboxylic acids is 1. The Hall–Kier alpha value is -2.52. The molecule has 1 atom stereocenters. The lowest BCUT2D eigenvalue weighted by atomic mass is 10.00. The first kappa shape index (κ1) is 23.6. The molecule has 3 aromatic rings. The molecule has 0 radical (unpaired) electrons. The van der Waals surface area contributed by atoms with E-state index in [0.29, 0.717) is 42.5 Å². The van der Waals surface area contributed by atoms with Crippen molar-refractivity contribution in [1.82, 2.24) is 4.90 Å². The van der Waals surface area contributed by atoms with Crippen LogP contribution >= 0.6 is 39.1 Å². The normalized spacial score (nSPS) is 16.1. The molecule has 1 aliphatic rings. The topological polar surface area (TPSA) is 47.3 Å². The number of carbonyl (C=O) groups is 1. The van der Waals surface area contributed by atoms with E-state index in [1.54, 1.807) is 9.80 Å². The van der Waals surface area contributed by atoms with Gasteiger partial charge in [-0.3, -0.25) is 4.90 Å². The highest BCUT2D eigenvalue weighted by atomic mass is 79.9. The molecule has 0 saturated carbocycles. The second-order valence-corrected chi connectivity index (χ2v) is 9.84. The van der Waals surface area contributed by atoms with Crippen LogP contribution in [-0.2, 0) is 13.0 Å². The van der Waals surface area contributed by atoms with Crippen LogP contribution in [0.2, 0.25) is 10.0 Å². The van der Waals surface area contributed by atoms with Gasteiger partial charge in [-0.2, -0.15) is 5.26 Å². The predicted octanol–water partition coefficient (Wildman–Crippen LogP) is 7.32. The average Bonchev–Trinajstić information content (AvgIpc) is 2.82. The molecular formula is C26H22BrCl2N3O. The van der Waals surface area contributed by atoms with Crippen LogP contribution in [0.25, 0.3) is 0 Å². The highest BCUT2D eigenvalue weighted by molar-refractivity contribution is 9.10. The average molecular weight is 543 g/mol. The summed E-state index contributed by atoms with van der Waals surface area (Å²) in [5, 5.41) is 10.5. The second kappa shape index (κ2) is 10.6. The number of benzene rings is 3. The standard InChI is InChI=1S/C26H22BrCl2N3O/c27-21-7-9-22(10-8-21)32-16-19(12-13-30)15-31(26(32)33)17-20-6-11-24(28)23(25(20)29)14-18-4-2-1-3-5-18/h1-11,19H,12,14-17H2. The minimum atomic E-state index is -0.0952. The van der Waals surface area contributed by atoms with Gasteiger partial charge in [0.15, 0.2) is 0 Å². The molecule has 1 aliphatic heterocycles.